The Kier molecular flexibility index (Phi) is 4.96. The standard InChI is InChI=1S/C16H18O3S2/c1-12(13-7-6-8-14(11-13)19-2)20-15-9-4-5-10-16(15)21(3,17)18/h4-12H,1-3H3/t12-/m0/s1. The number of hydrogen-bond donors (Lipinski definition) is 0. The van der Waals surface area contributed by atoms with Crippen molar-refractivity contribution in [1.82, 2.24) is 0 Å². The number of thioether (sulfide) groups is 1. The van der Waals surface area contributed by atoms with Gasteiger partial charge in [0.2, 0.25) is 0 Å². The van der Waals surface area contributed by atoms with Gasteiger partial charge in [-0.2, -0.15) is 0 Å². The van der Waals surface area contributed by atoms with Gasteiger partial charge >= 0.3 is 0 Å². The molecular weight excluding hydrogens is 304 g/mol. The molecule has 0 aliphatic rings. The van der Waals surface area contributed by atoms with E-state index in [1.807, 2.05) is 36.4 Å². The number of ether oxygens (including phenoxy) is 1. The molecule has 5 heteroatoms. The predicted molar refractivity (Wildman–Crippen MR) is 86.8 cm³/mol. The average molecular weight is 322 g/mol. The zero-order chi connectivity index (χ0) is 15.5. The van der Waals surface area contributed by atoms with Crippen molar-refractivity contribution in [2.24, 2.45) is 0 Å². The maximum absolute atomic E-state index is 11.8. The topological polar surface area (TPSA) is 43.4 Å². The van der Waals surface area contributed by atoms with Crippen LogP contribution in [0.4, 0.5) is 0 Å². The molecule has 0 aliphatic carbocycles. The van der Waals surface area contributed by atoms with Crippen LogP contribution < -0.4 is 4.74 Å². The highest BCUT2D eigenvalue weighted by atomic mass is 32.2. The van der Waals surface area contributed by atoms with Gasteiger partial charge in [0.1, 0.15) is 5.75 Å². The van der Waals surface area contributed by atoms with Crippen molar-refractivity contribution in [3.05, 3.63) is 54.1 Å². The first-order valence-corrected chi connectivity index (χ1v) is 9.28. The number of sulfone groups is 1. The molecule has 0 spiro atoms. The maximum Gasteiger partial charge on any atom is 0.176 e. The lowest BCUT2D eigenvalue weighted by Crippen LogP contribution is -2.00. The van der Waals surface area contributed by atoms with Crippen molar-refractivity contribution in [1.29, 1.82) is 0 Å². The molecule has 0 N–H and O–H groups in total. The molecule has 21 heavy (non-hydrogen) atoms. The van der Waals surface area contributed by atoms with E-state index >= 15 is 0 Å². The minimum Gasteiger partial charge on any atom is -0.497 e. The molecule has 112 valence electrons. The van der Waals surface area contributed by atoms with Gasteiger partial charge in [-0.1, -0.05) is 24.3 Å². The quantitative estimate of drug-likeness (QED) is 0.782. The molecule has 3 nitrogen and oxygen atoms in total. The number of benzene rings is 2. The predicted octanol–water partition coefficient (Wildman–Crippen LogP) is 3.95. The Morgan fingerprint density at radius 1 is 1.10 bits per heavy atom. The summed E-state index contributed by atoms with van der Waals surface area (Å²) in [6.45, 7) is 2.05. The van der Waals surface area contributed by atoms with Crippen LogP contribution in [0.2, 0.25) is 0 Å². The number of hydrogen-bond acceptors (Lipinski definition) is 4. The summed E-state index contributed by atoms with van der Waals surface area (Å²) in [4.78, 5) is 1.15. The highest BCUT2D eigenvalue weighted by Crippen LogP contribution is 2.38. The fraction of sp³-hybridized carbons (Fsp3) is 0.250. The van der Waals surface area contributed by atoms with Gasteiger partial charge in [-0.3, -0.25) is 0 Å². The molecule has 0 amide bonds. The fourth-order valence-electron chi connectivity index (χ4n) is 2.01. The SMILES string of the molecule is COc1cccc([C@H](C)Sc2ccccc2S(C)(=O)=O)c1. The van der Waals surface area contributed by atoms with Gasteiger partial charge in [-0.25, -0.2) is 8.42 Å². The summed E-state index contributed by atoms with van der Waals surface area (Å²) in [6.07, 6.45) is 1.24. The van der Waals surface area contributed by atoms with Crippen LogP contribution in [0.1, 0.15) is 17.7 Å². The van der Waals surface area contributed by atoms with Gasteiger partial charge in [0.05, 0.1) is 12.0 Å². The second-order valence-corrected chi connectivity index (χ2v) is 8.12. The minimum absolute atomic E-state index is 0.128. The summed E-state index contributed by atoms with van der Waals surface area (Å²) >= 11 is 1.53. The van der Waals surface area contributed by atoms with Crippen LogP contribution in [-0.4, -0.2) is 21.8 Å². The Morgan fingerprint density at radius 2 is 1.81 bits per heavy atom. The van der Waals surface area contributed by atoms with Crippen molar-refractivity contribution < 1.29 is 13.2 Å². The molecule has 0 saturated heterocycles. The Morgan fingerprint density at radius 3 is 2.48 bits per heavy atom. The summed E-state index contributed by atoms with van der Waals surface area (Å²) in [7, 11) is -1.58. The summed E-state index contributed by atoms with van der Waals surface area (Å²) < 4.78 is 28.9. The second-order valence-electron chi connectivity index (χ2n) is 4.76. The van der Waals surface area contributed by atoms with Crippen molar-refractivity contribution >= 4 is 21.6 Å². The molecule has 0 bridgehead atoms. The van der Waals surface area contributed by atoms with Crippen LogP contribution in [0.5, 0.6) is 5.75 Å². The van der Waals surface area contributed by atoms with E-state index in [2.05, 4.69) is 6.92 Å². The van der Waals surface area contributed by atoms with E-state index in [-0.39, 0.29) is 5.25 Å². The summed E-state index contributed by atoms with van der Waals surface area (Å²) in [6, 6.07) is 14.9. The normalized spacial score (nSPS) is 12.9. The second kappa shape index (κ2) is 6.54. The molecule has 0 radical (unpaired) electrons. The van der Waals surface area contributed by atoms with Crippen molar-refractivity contribution in [3.8, 4) is 5.75 Å². The van der Waals surface area contributed by atoms with Crippen LogP contribution in [0.25, 0.3) is 0 Å². The summed E-state index contributed by atoms with van der Waals surface area (Å²) in [5.41, 5.74) is 1.10. The van der Waals surface area contributed by atoms with Crippen LogP contribution in [0.15, 0.2) is 58.3 Å². The molecule has 0 fully saturated rings. The van der Waals surface area contributed by atoms with Gasteiger partial charge in [0.25, 0.3) is 0 Å². The Labute approximate surface area is 130 Å². The monoisotopic (exact) mass is 322 g/mol. The first kappa shape index (κ1) is 15.9. The molecule has 0 aliphatic heterocycles. The van der Waals surface area contributed by atoms with Crippen LogP contribution >= 0.6 is 11.8 Å². The molecular formula is C16H18O3S2. The molecule has 2 aromatic rings. The Bertz CT molecular complexity index is 724. The molecule has 0 heterocycles. The van der Waals surface area contributed by atoms with E-state index in [9.17, 15) is 8.42 Å². The highest BCUT2D eigenvalue weighted by molar-refractivity contribution is 8.00. The molecule has 2 aromatic carbocycles. The first-order chi connectivity index (χ1) is 9.91. The van der Waals surface area contributed by atoms with Crippen molar-refractivity contribution in [2.45, 2.75) is 22.0 Å². The minimum atomic E-state index is -3.22. The lowest BCUT2D eigenvalue weighted by Gasteiger charge is -2.14. The zero-order valence-corrected chi connectivity index (χ0v) is 13.9. The third-order valence-electron chi connectivity index (χ3n) is 3.12. The summed E-state index contributed by atoms with van der Waals surface area (Å²) in [5, 5.41) is 0.128. The Hall–Kier alpha value is -1.46. The smallest absolute Gasteiger partial charge is 0.176 e. The van der Waals surface area contributed by atoms with E-state index < -0.39 is 9.84 Å². The van der Waals surface area contributed by atoms with Crippen LogP contribution in [-0.2, 0) is 9.84 Å². The van der Waals surface area contributed by atoms with Gasteiger partial charge in [0.15, 0.2) is 9.84 Å². The van der Waals surface area contributed by atoms with E-state index in [0.717, 1.165) is 16.2 Å². The first-order valence-electron chi connectivity index (χ1n) is 6.51. The average Bonchev–Trinajstić information content (AvgIpc) is 2.46. The third kappa shape index (κ3) is 4.02. The van der Waals surface area contributed by atoms with Gasteiger partial charge in [-0.15, -0.1) is 11.8 Å². The molecule has 0 aromatic heterocycles. The van der Waals surface area contributed by atoms with Crippen LogP contribution in [0, 0.1) is 0 Å². The van der Waals surface area contributed by atoms with Gasteiger partial charge in [-0.05, 0) is 36.8 Å². The van der Waals surface area contributed by atoms with Crippen molar-refractivity contribution in [3.63, 3.8) is 0 Å². The van der Waals surface area contributed by atoms with Gasteiger partial charge < -0.3 is 4.74 Å². The highest BCUT2D eigenvalue weighted by Gasteiger charge is 2.16. The fourth-order valence-corrected chi connectivity index (χ4v) is 4.37. The summed E-state index contributed by atoms with van der Waals surface area (Å²) in [5.74, 6) is 0.802. The number of rotatable bonds is 5. The van der Waals surface area contributed by atoms with Crippen molar-refractivity contribution in [2.75, 3.05) is 13.4 Å². The largest absolute Gasteiger partial charge is 0.497 e. The van der Waals surface area contributed by atoms with Crippen LogP contribution in [0.3, 0.4) is 0 Å². The Balaban J connectivity index is 2.30. The van der Waals surface area contributed by atoms with E-state index in [1.165, 1.54) is 18.0 Å². The van der Waals surface area contributed by atoms with E-state index in [0.29, 0.717) is 4.90 Å². The molecule has 2 rings (SSSR count). The van der Waals surface area contributed by atoms with E-state index in [4.69, 9.17) is 4.74 Å². The maximum atomic E-state index is 11.8. The molecule has 1 atom stereocenters. The third-order valence-corrected chi connectivity index (χ3v) is 5.64. The lowest BCUT2D eigenvalue weighted by molar-refractivity contribution is 0.414. The molecule has 0 unspecified atom stereocenters. The van der Waals surface area contributed by atoms with E-state index in [1.54, 1.807) is 19.2 Å². The lowest BCUT2D eigenvalue weighted by atomic mass is 10.1. The van der Waals surface area contributed by atoms with Gasteiger partial charge in [0, 0.05) is 16.4 Å². The molecule has 0 saturated carbocycles. The number of methoxy groups -OCH3 is 1. The zero-order valence-electron chi connectivity index (χ0n) is 12.2.